The van der Waals surface area contributed by atoms with Crippen molar-refractivity contribution >= 4 is 16.7 Å². The summed E-state index contributed by atoms with van der Waals surface area (Å²) in [7, 11) is 4.96. The number of hydrogen-bond acceptors (Lipinski definition) is 10. The van der Waals surface area contributed by atoms with Crippen LogP contribution in [0.1, 0.15) is 19.5 Å². The van der Waals surface area contributed by atoms with Crippen LogP contribution in [0.4, 0.5) is 0 Å². The van der Waals surface area contributed by atoms with Crippen molar-refractivity contribution in [1.29, 1.82) is 10.8 Å². The number of rotatable bonds is 6. The molecule has 32 heavy (non-hydrogen) atoms. The zero-order chi connectivity index (χ0) is 23.0. The zero-order valence-corrected chi connectivity index (χ0v) is 18.6. The Kier molecular flexibility index (Phi) is 5.40. The van der Waals surface area contributed by atoms with Crippen molar-refractivity contribution in [3.05, 3.63) is 47.4 Å². The molecule has 0 aliphatic carbocycles. The summed E-state index contributed by atoms with van der Waals surface area (Å²) in [5.41, 5.74) is 6.83. The molecular weight excluding hydrogens is 412 g/mol. The first-order chi connectivity index (χ1) is 15.3. The SMILES string of the molecule is COc1nc(C2=NNNN2C)ccc1-n1c(=N)ncc2ccn(CC(C)(C)OC)c(=N)c21. The number of aromatic nitrogens is 4. The number of fused-ring (bicyclic) bond motifs is 1. The minimum absolute atomic E-state index is 0.0405. The van der Waals surface area contributed by atoms with Gasteiger partial charge in [-0.2, -0.15) is 0 Å². The molecule has 0 radical (unpaired) electrons. The Hall–Kier alpha value is -3.77. The van der Waals surface area contributed by atoms with Gasteiger partial charge < -0.3 is 14.0 Å². The first kappa shape index (κ1) is 21.5. The first-order valence-corrected chi connectivity index (χ1v) is 9.89. The molecule has 4 N–H and O–H groups in total. The van der Waals surface area contributed by atoms with E-state index < -0.39 is 5.60 Å². The number of hydrogen-bond donors (Lipinski definition) is 4. The largest absolute Gasteiger partial charge is 0.479 e. The van der Waals surface area contributed by atoms with Gasteiger partial charge in [0, 0.05) is 31.9 Å². The standard InChI is InChI=1S/C20H26N10O2/c1-20(2,32-5)11-29-9-8-12-10-23-19(22)30(15(12)16(29)21)14-7-6-13(24-18(14)31-4)17-25-26-27-28(17)3/h6-10,21-22,26-27H,11H2,1-5H3. The number of pyridine rings is 2. The Morgan fingerprint density at radius 1 is 1.16 bits per heavy atom. The van der Waals surface area contributed by atoms with Crippen molar-refractivity contribution < 1.29 is 9.47 Å². The maximum Gasteiger partial charge on any atom is 0.238 e. The van der Waals surface area contributed by atoms with E-state index in [1.807, 2.05) is 26.1 Å². The Bertz CT molecular complexity index is 1320. The molecular formula is C20H26N10O2. The van der Waals surface area contributed by atoms with E-state index in [0.29, 0.717) is 29.3 Å². The summed E-state index contributed by atoms with van der Waals surface area (Å²) in [6, 6.07) is 5.43. The molecule has 0 aromatic carbocycles. The Morgan fingerprint density at radius 2 is 1.94 bits per heavy atom. The van der Waals surface area contributed by atoms with Crippen LogP contribution in [0.2, 0.25) is 0 Å². The molecule has 0 bridgehead atoms. The van der Waals surface area contributed by atoms with Crippen LogP contribution in [0.3, 0.4) is 0 Å². The number of hydrazine groups is 2. The third kappa shape index (κ3) is 3.69. The van der Waals surface area contributed by atoms with Crippen molar-refractivity contribution in [2.75, 3.05) is 21.3 Å². The Balaban J connectivity index is 1.93. The van der Waals surface area contributed by atoms with Gasteiger partial charge in [0.2, 0.25) is 11.5 Å². The van der Waals surface area contributed by atoms with E-state index in [-0.39, 0.29) is 17.0 Å². The monoisotopic (exact) mass is 438 g/mol. The summed E-state index contributed by atoms with van der Waals surface area (Å²) in [5.74, 6) is 0.869. The third-order valence-electron chi connectivity index (χ3n) is 5.28. The van der Waals surface area contributed by atoms with E-state index in [0.717, 1.165) is 5.39 Å². The van der Waals surface area contributed by atoms with E-state index in [1.54, 1.807) is 46.6 Å². The molecule has 4 rings (SSSR count). The molecule has 0 saturated carbocycles. The van der Waals surface area contributed by atoms with E-state index in [9.17, 15) is 0 Å². The average Bonchev–Trinajstić information content (AvgIpc) is 3.21. The van der Waals surface area contributed by atoms with Gasteiger partial charge in [0.25, 0.3) is 0 Å². The summed E-state index contributed by atoms with van der Waals surface area (Å²) < 4.78 is 14.5. The molecule has 1 aliphatic rings. The van der Waals surface area contributed by atoms with Crippen LogP contribution in [-0.4, -0.2) is 56.8 Å². The van der Waals surface area contributed by atoms with Crippen molar-refractivity contribution in [2.45, 2.75) is 26.0 Å². The predicted molar refractivity (Wildman–Crippen MR) is 117 cm³/mol. The second kappa shape index (κ2) is 8.05. The summed E-state index contributed by atoms with van der Waals surface area (Å²) in [6.45, 7) is 4.38. The van der Waals surface area contributed by atoms with Crippen LogP contribution < -0.4 is 26.9 Å². The van der Waals surface area contributed by atoms with Gasteiger partial charge in [-0.15, -0.1) is 10.6 Å². The fraction of sp³-hybridized carbons (Fsp3) is 0.350. The highest BCUT2D eigenvalue weighted by molar-refractivity contribution is 5.97. The molecule has 0 unspecified atom stereocenters. The van der Waals surface area contributed by atoms with Crippen molar-refractivity contribution in [3.8, 4) is 11.6 Å². The van der Waals surface area contributed by atoms with Gasteiger partial charge in [-0.25, -0.2) is 15.5 Å². The van der Waals surface area contributed by atoms with E-state index in [2.05, 4.69) is 26.1 Å². The fourth-order valence-electron chi connectivity index (χ4n) is 3.46. The lowest BCUT2D eigenvalue weighted by atomic mass is 10.1. The minimum Gasteiger partial charge on any atom is -0.479 e. The average molecular weight is 438 g/mol. The number of methoxy groups -OCH3 is 2. The third-order valence-corrected chi connectivity index (χ3v) is 5.28. The lowest BCUT2D eigenvalue weighted by Gasteiger charge is -2.25. The molecule has 0 saturated heterocycles. The normalized spacial score (nSPS) is 13.9. The molecule has 12 heteroatoms. The first-order valence-electron chi connectivity index (χ1n) is 9.89. The maximum absolute atomic E-state index is 8.89. The van der Waals surface area contributed by atoms with Gasteiger partial charge in [-0.05, 0) is 32.0 Å². The number of nitrogens with one attached hydrogen (secondary N) is 4. The number of amidine groups is 1. The lowest BCUT2D eigenvalue weighted by molar-refractivity contribution is 0.00721. The van der Waals surface area contributed by atoms with Gasteiger partial charge in [0.05, 0.1) is 19.3 Å². The van der Waals surface area contributed by atoms with Crippen LogP contribution in [0, 0.1) is 10.8 Å². The fourth-order valence-corrected chi connectivity index (χ4v) is 3.46. The molecule has 3 aromatic heterocycles. The number of hydrazone groups is 1. The van der Waals surface area contributed by atoms with Crippen LogP contribution in [0.25, 0.3) is 16.6 Å². The summed E-state index contributed by atoms with van der Waals surface area (Å²) in [4.78, 5) is 8.79. The van der Waals surface area contributed by atoms with Crippen LogP contribution >= 0.6 is 0 Å². The van der Waals surface area contributed by atoms with Crippen molar-refractivity contribution in [3.63, 3.8) is 0 Å². The molecule has 4 heterocycles. The second-order valence-electron chi connectivity index (χ2n) is 7.92. The van der Waals surface area contributed by atoms with Gasteiger partial charge in [0.15, 0.2) is 5.84 Å². The van der Waals surface area contributed by atoms with Gasteiger partial charge in [-0.1, -0.05) is 0 Å². The zero-order valence-electron chi connectivity index (χ0n) is 18.6. The van der Waals surface area contributed by atoms with E-state index in [1.165, 1.54) is 7.11 Å². The van der Waals surface area contributed by atoms with Crippen LogP contribution in [-0.2, 0) is 11.3 Å². The van der Waals surface area contributed by atoms with Gasteiger partial charge in [0.1, 0.15) is 22.4 Å². The Labute approximate surface area is 184 Å². The van der Waals surface area contributed by atoms with Crippen LogP contribution in [0.15, 0.2) is 35.7 Å². The summed E-state index contributed by atoms with van der Waals surface area (Å²) in [5, 5.41) is 24.0. The molecule has 0 amide bonds. The molecule has 168 valence electrons. The van der Waals surface area contributed by atoms with Crippen LogP contribution in [0.5, 0.6) is 5.88 Å². The molecule has 1 aliphatic heterocycles. The highest BCUT2D eigenvalue weighted by Gasteiger charge is 2.21. The number of ether oxygens (including phenoxy) is 2. The highest BCUT2D eigenvalue weighted by Crippen LogP contribution is 2.23. The van der Waals surface area contributed by atoms with Crippen molar-refractivity contribution in [2.24, 2.45) is 5.10 Å². The second-order valence-corrected chi connectivity index (χ2v) is 7.92. The molecule has 0 atom stereocenters. The summed E-state index contributed by atoms with van der Waals surface area (Å²) in [6.07, 6.45) is 3.42. The minimum atomic E-state index is -0.465. The number of nitrogens with zero attached hydrogens (tertiary/aromatic N) is 6. The lowest BCUT2D eigenvalue weighted by Crippen LogP contribution is -2.38. The summed E-state index contributed by atoms with van der Waals surface area (Å²) >= 11 is 0. The van der Waals surface area contributed by atoms with Gasteiger partial charge in [-0.3, -0.25) is 20.4 Å². The molecule has 12 nitrogen and oxygen atoms in total. The van der Waals surface area contributed by atoms with Gasteiger partial charge >= 0.3 is 0 Å². The highest BCUT2D eigenvalue weighted by atomic mass is 16.5. The van der Waals surface area contributed by atoms with Crippen molar-refractivity contribution in [1.82, 2.24) is 35.2 Å². The molecule has 0 spiro atoms. The molecule has 3 aromatic rings. The maximum atomic E-state index is 8.89. The smallest absolute Gasteiger partial charge is 0.238 e. The van der Waals surface area contributed by atoms with E-state index in [4.69, 9.17) is 20.3 Å². The van der Waals surface area contributed by atoms with E-state index >= 15 is 0 Å². The predicted octanol–water partition coefficient (Wildman–Crippen LogP) is 0.231. The Morgan fingerprint density at radius 3 is 2.59 bits per heavy atom. The molecule has 0 fully saturated rings. The topological polar surface area (TPSA) is 141 Å². The quantitative estimate of drug-likeness (QED) is 0.432.